The highest BCUT2D eigenvalue weighted by Crippen LogP contribution is 2.40. The first-order valence-corrected chi connectivity index (χ1v) is 17.9. The van der Waals surface area contributed by atoms with Gasteiger partial charge < -0.3 is 15.4 Å². The first kappa shape index (κ1) is 31.7. The normalized spacial score (nSPS) is 22.4. The van der Waals surface area contributed by atoms with Crippen LogP contribution in [0.3, 0.4) is 0 Å². The van der Waals surface area contributed by atoms with Gasteiger partial charge >= 0.3 is 0 Å². The Balaban J connectivity index is 1.20. The summed E-state index contributed by atoms with van der Waals surface area (Å²) in [6, 6.07) is 21.7. The summed E-state index contributed by atoms with van der Waals surface area (Å²) in [5, 5.41) is 1.37. The molecule has 1 amide bonds. The monoisotopic (exact) mass is 659 g/mol. The molecular formula is C37H39F2N3O4S. The zero-order valence-corrected chi connectivity index (χ0v) is 26.8. The van der Waals surface area contributed by atoms with Gasteiger partial charge in [0.25, 0.3) is 5.92 Å². The molecule has 4 aromatic carbocycles. The predicted octanol–water partition coefficient (Wildman–Crippen LogP) is 6.75. The Morgan fingerprint density at radius 1 is 0.830 bits per heavy atom. The second-order valence-electron chi connectivity index (χ2n) is 13.2. The summed E-state index contributed by atoms with van der Waals surface area (Å²) >= 11 is 0. The minimum Gasteiger partial charge on any atom is -0.490 e. The van der Waals surface area contributed by atoms with Crippen molar-refractivity contribution < 1.29 is 26.7 Å². The highest BCUT2D eigenvalue weighted by molar-refractivity contribution is 7.89. The third kappa shape index (κ3) is 6.38. The molecule has 246 valence electrons. The molecule has 7 nitrogen and oxygen atoms in total. The standard InChI is InChI=1S/C37H39F2N3O4S/c38-37(39,28-14-10-25(11-15-28)24-6-2-1-3-7-24)35(36(43)42-30-16-17-31(42)23-29(40)22-30)41-47(44,45)34-19-13-26-20-33(18-12-27(26)21-34)46-32-8-4-5-9-32/h1-3,6-7,10-15,18-21,29-32,35,41H,4-5,8-9,16-17,22-23,40H2/t29?,30?,31?,35-/m1/s1. The molecule has 3 atom stereocenters. The van der Waals surface area contributed by atoms with E-state index in [0.29, 0.717) is 36.8 Å². The third-order valence-corrected chi connectivity index (χ3v) is 11.4. The van der Waals surface area contributed by atoms with Gasteiger partial charge in [-0.05, 0) is 97.5 Å². The van der Waals surface area contributed by atoms with E-state index in [1.807, 2.05) is 36.4 Å². The fourth-order valence-corrected chi connectivity index (χ4v) is 8.78. The summed E-state index contributed by atoms with van der Waals surface area (Å²) in [5.41, 5.74) is 7.33. The van der Waals surface area contributed by atoms with E-state index in [0.717, 1.165) is 42.2 Å². The second kappa shape index (κ2) is 12.6. The van der Waals surface area contributed by atoms with Gasteiger partial charge in [-0.25, -0.2) is 8.42 Å². The number of hydrogen-bond acceptors (Lipinski definition) is 5. The van der Waals surface area contributed by atoms with Gasteiger partial charge in [0.15, 0.2) is 6.04 Å². The third-order valence-electron chi connectivity index (χ3n) is 9.98. The summed E-state index contributed by atoms with van der Waals surface area (Å²) in [5.74, 6) is -4.08. The number of hydrogen-bond donors (Lipinski definition) is 2. The van der Waals surface area contributed by atoms with Crippen LogP contribution in [0.15, 0.2) is 95.9 Å². The summed E-state index contributed by atoms with van der Waals surface area (Å²) < 4.78 is 69.2. The number of halogens is 2. The van der Waals surface area contributed by atoms with Crippen molar-refractivity contribution in [2.75, 3.05) is 0 Å². The van der Waals surface area contributed by atoms with E-state index in [9.17, 15) is 13.2 Å². The molecule has 2 bridgehead atoms. The minimum atomic E-state index is -4.56. The maximum Gasteiger partial charge on any atom is 0.298 e. The zero-order valence-electron chi connectivity index (χ0n) is 26.0. The lowest BCUT2D eigenvalue weighted by molar-refractivity contribution is -0.149. The number of carbonyl (C=O) groups is 1. The molecule has 1 saturated carbocycles. The average Bonchev–Trinajstić information content (AvgIpc) is 3.68. The Bertz CT molecular complexity index is 1850. The van der Waals surface area contributed by atoms with E-state index >= 15 is 8.78 Å². The van der Waals surface area contributed by atoms with Gasteiger partial charge in [0, 0.05) is 23.7 Å². The molecule has 10 heteroatoms. The number of carbonyl (C=O) groups excluding carboxylic acids is 1. The number of rotatable bonds is 9. The average molecular weight is 660 g/mol. The number of piperidine rings is 1. The number of nitrogens with two attached hydrogens (primary N) is 1. The Morgan fingerprint density at radius 2 is 1.45 bits per heavy atom. The van der Waals surface area contributed by atoms with Crippen molar-refractivity contribution in [3.05, 3.63) is 96.6 Å². The van der Waals surface area contributed by atoms with Gasteiger partial charge in [0.2, 0.25) is 15.9 Å². The van der Waals surface area contributed by atoms with Gasteiger partial charge in [0.1, 0.15) is 5.75 Å². The Morgan fingerprint density at radius 3 is 2.13 bits per heavy atom. The van der Waals surface area contributed by atoms with Crippen LogP contribution in [0.4, 0.5) is 8.78 Å². The zero-order chi connectivity index (χ0) is 32.8. The number of benzene rings is 4. The van der Waals surface area contributed by atoms with Crippen LogP contribution in [0.1, 0.15) is 56.9 Å². The topological polar surface area (TPSA) is 102 Å². The van der Waals surface area contributed by atoms with Crippen molar-refractivity contribution in [2.24, 2.45) is 5.73 Å². The number of alkyl halides is 2. The lowest BCUT2D eigenvalue weighted by Gasteiger charge is -2.41. The first-order valence-electron chi connectivity index (χ1n) is 16.4. The van der Waals surface area contributed by atoms with Crippen molar-refractivity contribution in [3.8, 4) is 16.9 Å². The lowest BCUT2D eigenvalue weighted by Crippen LogP contribution is -2.60. The molecule has 3 N–H and O–H groups in total. The smallest absolute Gasteiger partial charge is 0.298 e. The van der Waals surface area contributed by atoms with Crippen LogP contribution >= 0.6 is 0 Å². The number of amides is 1. The Labute approximate surface area is 274 Å². The summed E-state index contributed by atoms with van der Waals surface area (Å²) in [6.45, 7) is 0. The van der Waals surface area contributed by atoms with Crippen LogP contribution < -0.4 is 15.2 Å². The molecule has 3 fully saturated rings. The van der Waals surface area contributed by atoms with E-state index < -0.39 is 33.5 Å². The summed E-state index contributed by atoms with van der Waals surface area (Å²) in [7, 11) is -4.56. The molecule has 0 aromatic heterocycles. The number of ether oxygens (including phenoxy) is 1. The molecule has 47 heavy (non-hydrogen) atoms. The van der Waals surface area contributed by atoms with E-state index in [4.69, 9.17) is 10.5 Å². The van der Waals surface area contributed by atoms with Gasteiger partial charge in [-0.3, -0.25) is 4.79 Å². The molecule has 2 unspecified atom stereocenters. The number of nitrogens with zero attached hydrogens (tertiary/aromatic N) is 1. The van der Waals surface area contributed by atoms with E-state index in [1.165, 1.54) is 29.2 Å². The number of nitrogens with one attached hydrogen (secondary N) is 1. The largest absolute Gasteiger partial charge is 0.490 e. The van der Waals surface area contributed by atoms with E-state index in [2.05, 4.69) is 4.72 Å². The highest BCUT2D eigenvalue weighted by Gasteiger charge is 2.53. The molecule has 2 aliphatic heterocycles. The fraction of sp³-hybridized carbons (Fsp3) is 0.378. The second-order valence-corrected chi connectivity index (χ2v) is 14.9. The summed E-state index contributed by atoms with van der Waals surface area (Å²) in [6.07, 6.45) is 6.76. The predicted molar refractivity (Wildman–Crippen MR) is 178 cm³/mol. The van der Waals surface area contributed by atoms with Crippen LogP contribution in [0, 0.1) is 0 Å². The van der Waals surface area contributed by atoms with Gasteiger partial charge in [-0.1, -0.05) is 66.7 Å². The minimum absolute atomic E-state index is 0.126. The Hall–Kier alpha value is -3.86. The van der Waals surface area contributed by atoms with Crippen LogP contribution in [0.2, 0.25) is 0 Å². The fourth-order valence-electron chi connectivity index (χ4n) is 7.55. The van der Waals surface area contributed by atoms with Crippen LogP contribution in [-0.2, 0) is 20.7 Å². The maximum atomic E-state index is 16.6. The molecule has 1 aliphatic carbocycles. The van der Waals surface area contributed by atoms with Crippen molar-refractivity contribution in [2.45, 2.75) is 92.5 Å². The van der Waals surface area contributed by atoms with Crippen LogP contribution in [0.25, 0.3) is 21.9 Å². The van der Waals surface area contributed by atoms with Crippen molar-refractivity contribution >= 4 is 26.7 Å². The van der Waals surface area contributed by atoms with Gasteiger partial charge in [-0.15, -0.1) is 0 Å². The molecule has 0 radical (unpaired) electrons. The molecule has 4 aromatic rings. The number of sulfonamides is 1. The van der Waals surface area contributed by atoms with E-state index in [-0.39, 0.29) is 29.1 Å². The number of fused-ring (bicyclic) bond motifs is 3. The summed E-state index contributed by atoms with van der Waals surface area (Å²) in [4.78, 5) is 15.4. The lowest BCUT2D eigenvalue weighted by atomic mass is 9.94. The van der Waals surface area contributed by atoms with E-state index in [1.54, 1.807) is 30.3 Å². The molecule has 2 saturated heterocycles. The quantitative estimate of drug-likeness (QED) is 0.207. The van der Waals surface area contributed by atoms with Crippen LogP contribution in [-0.4, -0.2) is 49.5 Å². The Kier molecular flexibility index (Phi) is 8.53. The van der Waals surface area contributed by atoms with Crippen molar-refractivity contribution in [1.82, 2.24) is 9.62 Å². The van der Waals surface area contributed by atoms with Crippen molar-refractivity contribution in [3.63, 3.8) is 0 Å². The molecule has 2 heterocycles. The molecule has 3 aliphatic rings. The molecular weight excluding hydrogens is 620 g/mol. The van der Waals surface area contributed by atoms with Crippen molar-refractivity contribution in [1.29, 1.82) is 0 Å². The van der Waals surface area contributed by atoms with Gasteiger partial charge in [-0.2, -0.15) is 13.5 Å². The van der Waals surface area contributed by atoms with Crippen LogP contribution in [0.5, 0.6) is 5.75 Å². The van der Waals surface area contributed by atoms with Gasteiger partial charge in [0.05, 0.1) is 11.0 Å². The maximum absolute atomic E-state index is 16.6. The highest BCUT2D eigenvalue weighted by atomic mass is 32.2. The first-order chi connectivity index (χ1) is 22.6. The molecule has 0 spiro atoms. The molecule has 7 rings (SSSR count). The SMILES string of the molecule is NC1CC2CCC(C1)N2C(=O)[C@@H](NS(=O)(=O)c1ccc2cc(OC3CCCC3)ccc2c1)C(F)(F)c1ccc(-c2ccccc2)cc1.